The zero-order valence-corrected chi connectivity index (χ0v) is 7.65. The molecule has 0 radical (unpaired) electrons. The summed E-state index contributed by atoms with van der Waals surface area (Å²) in [7, 11) is 0. The molecule has 0 aromatic carbocycles. The van der Waals surface area contributed by atoms with Gasteiger partial charge in [-0.15, -0.1) is 0 Å². The van der Waals surface area contributed by atoms with E-state index < -0.39 is 0 Å². The van der Waals surface area contributed by atoms with E-state index in [1.165, 1.54) is 6.54 Å². The number of nitrogens with zero attached hydrogens (tertiary/aromatic N) is 2. The fourth-order valence-corrected chi connectivity index (χ4v) is 0.635. The quantitative estimate of drug-likeness (QED) is 0.428. The molecule has 0 N–H and O–H groups in total. The molecule has 4 heteroatoms. The van der Waals surface area contributed by atoms with Crippen LogP contribution in [0.4, 0.5) is 0 Å². The number of hydrogen-bond donors (Lipinski definition) is 0. The number of carbonyl (C=O) groups is 1. The van der Waals surface area contributed by atoms with E-state index in [1.54, 1.807) is 0 Å². The molecule has 2 rings (SSSR count). The largest absolute Gasteiger partial charge is 0.462 e. The number of hydrogen-bond acceptors (Lipinski definition) is 4. The second kappa shape index (κ2) is 3.13. The Balaban J connectivity index is 0.000000123. The van der Waals surface area contributed by atoms with Gasteiger partial charge in [-0.05, 0) is 20.8 Å². The van der Waals surface area contributed by atoms with E-state index in [0.717, 1.165) is 0 Å². The topological polar surface area (TPSA) is 41.7 Å². The van der Waals surface area contributed by atoms with Crippen molar-refractivity contribution >= 4 is 12.8 Å². The van der Waals surface area contributed by atoms with Gasteiger partial charge in [0, 0.05) is 0 Å². The average Bonchev–Trinajstić information content (AvgIpc) is 2.37. The van der Waals surface area contributed by atoms with E-state index >= 15 is 0 Å². The molecule has 2 heterocycles. The fourth-order valence-electron chi connectivity index (χ4n) is 0.635. The van der Waals surface area contributed by atoms with Crippen LogP contribution in [0.3, 0.4) is 0 Å². The third-order valence-corrected chi connectivity index (χ3v) is 1.41. The molecule has 1 atom stereocenters. The SMILES string of the molecule is C1=NC2CN12.CC(C)(C)OC=O. The monoisotopic (exact) mass is 170 g/mol. The van der Waals surface area contributed by atoms with Crippen molar-refractivity contribution < 1.29 is 9.53 Å². The van der Waals surface area contributed by atoms with Crippen LogP contribution in [0.2, 0.25) is 0 Å². The fraction of sp³-hybridized carbons (Fsp3) is 0.750. The second-order valence-corrected chi connectivity index (χ2v) is 3.77. The molecule has 0 saturated carbocycles. The van der Waals surface area contributed by atoms with Crippen LogP contribution in [-0.4, -0.2) is 36.0 Å². The maximum atomic E-state index is 9.60. The summed E-state index contributed by atoms with van der Waals surface area (Å²) in [6, 6.07) is 0. The highest BCUT2D eigenvalue weighted by Gasteiger charge is 2.37. The Morgan fingerprint density at radius 1 is 1.67 bits per heavy atom. The summed E-state index contributed by atoms with van der Waals surface area (Å²) < 4.78 is 4.55. The highest BCUT2D eigenvalue weighted by atomic mass is 16.5. The van der Waals surface area contributed by atoms with Crippen LogP contribution in [-0.2, 0) is 9.53 Å². The minimum absolute atomic E-state index is 0.318. The summed E-state index contributed by atoms with van der Waals surface area (Å²) >= 11 is 0. The lowest BCUT2D eigenvalue weighted by Crippen LogP contribution is -2.17. The van der Waals surface area contributed by atoms with Gasteiger partial charge in [0.15, 0.2) is 0 Å². The molecule has 1 fully saturated rings. The molecule has 68 valence electrons. The van der Waals surface area contributed by atoms with E-state index in [2.05, 4.69) is 14.6 Å². The van der Waals surface area contributed by atoms with Crippen LogP contribution in [0.15, 0.2) is 4.99 Å². The summed E-state index contributed by atoms with van der Waals surface area (Å²) in [4.78, 5) is 15.7. The van der Waals surface area contributed by atoms with E-state index in [4.69, 9.17) is 0 Å². The first-order chi connectivity index (χ1) is 5.53. The zero-order chi connectivity index (χ0) is 9.19. The Hall–Kier alpha value is -1.06. The van der Waals surface area contributed by atoms with Crippen molar-refractivity contribution in [3.8, 4) is 0 Å². The normalized spacial score (nSPS) is 22.9. The van der Waals surface area contributed by atoms with Crippen LogP contribution in [0, 0.1) is 0 Å². The maximum absolute atomic E-state index is 9.60. The third-order valence-electron chi connectivity index (χ3n) is 1.41. The Labute approximate surface area is 72.2 Å². The predicted octanol–water partition coefficient (Wildman–Crippen LogP) is 0.628. The molecule has 1 unspecified atom stereocenters. The molecule has 2 aliphatic heterocycles. The van der Waals surface area contributed by atoms with Gasteiger partial charge in [-0.25, -0.2) is 4.99 Å². The van der Waals surface area contributed by atoms with Crippen molar-refractivity contribution in [2.45, 2.75) is 32.5 Å². The molecule has 0 amide bonds. The molecule has 0 aliphatic carbocycles. The Kier molecular flexibility index (Phi) is 2.35. The summed E-state index contributed by atoms with van der Waals surface area (Å²) in [6.45, 7) is 7.12. The molecule has 2 aliphatic rings. The second-order valence-electron chi connectivity index (χ2n) is 3.77. The molecule has 1 saturated heterocycles. The lowest BCUT2D eigenvalue weighted by atomic mass is 10.2. The molecule has 0 bridgehead atoms. The van der Waals surface area contributed by atoms with Crippen molar-refractivity contribution in [2.75, 3.05) is 6.54 Å². The minimum atomic E-state index is -0.318. The number of ether oxygens (including phenoxy) is 1. The highest BCUT2D eigenvalue weighted by Crippen LogP contribution is 2.22. The lowest BCUT2D eigenvalue weighted by molar-refractivity contribution is -0.138. The maximum Gasteiger partial charge on any atom is 0.293 e. The minimum Gasteiger partial charge on any atom is -0.462 e. The number of fused-ring (bicyclic) bond motifs is 1. The van der Waals surface area contributed by atoms with E-state index in [1.807, 2.05) is 27.1 Å². The van der Waals surface area contributed by atoms with Crippen molar-refractivity contribution in [1.29, 1.82) is 0 Å². The van der Waals surface area contributed by atoms with Crippen LogP contribution in [0.5, 0.6) is 0 Å². The third kappa shape index (κ3) is 2.90. The molecule has 0 spiro atoms. The van der Waals surface area contributed by atoms with Gasteiger partial charge in [0.2, 0.25) is 0 Å². The van der Waals surface area contributed by atoms with Crippen LogP contribution in [0.1, 0.15) is 20.8 Å². The summed E-state index contributed by atoms with van der Waals surface area (Å²) in [5, 5.41) is 0. The predicted molar refractivity (Wildman–Crippen MR) is 45.9 cm³/mol. The van der Waals surface area contributed by atoms with Gasteiger partial charge in [-0.2, -0.15) is 0 Å². The van der Waals surface area contributed by atoms with Gasteiger partial charge in [0.1, 0.15) is 11.8 Å². The van der Waals surface area contributed by atoms with Crippen molar-refractivity contribution in [2.24, 2.45) is 4.99 Å². The molecule has 4 nitrogen and oxygen atoms in total. The van der Waals surface area contributed by atoms with Gasteiger partial charge in [0.05, 0.1) is 12.9 Å². The average molecular weight is 170 g/mol. The Morgan fingerprint density at radius 3 is 2.25 bits per heavy atom. The first-order valence-corrected chi connectivity index (χ1v) is 3.93. The van der Waals surface area contributed by atoms with Gasteiger partial charge < -0.3 is 9.64 Å². The van der Waals surface area contributed by atoms with Crippen LogP contribution >= 0.6 is 0 Å². The van der Waals surface area contributed by atoms with E-state index in [-0.39, 0.29) is 5.60 Å². The Bertz CT molecular complexity index is 186. The first kappa shape index (κ1) is 9.03. The standard InChI is InChI=1S/C5H10O2.C3H4N2/c1-5(2,3)7-4-6;1-3-4-2-5(1)3/h4H,1-3H3;2-3H,1H2. The summed E-state index contributed by atoms with van der Waals surface area (Å²) in [5.74, 6) is 0. The number of aliphatic imine (C=N–C) groups is 1. The van der Waals surface area contributed by atoms with Gasteiger partial charge in [0.25, 0.3) is 6.47 Å². The summed E-state index contributed by atoms with van der Waals surface area (Å²) in [6.07, 6.45) is 2.51. The molecule has 12 heavy (non-hydrogen) atoms. The number of carbonyl (C=O) groups excluding carboxylic acids is 1. The molecule has 0 aromatic heterocycles. The van der Waals surface area contributed by atoms with Crippen molar-refractivity contribution in [3.05, 3.63) is 0 Å². The molecular formula is C8H14N2O2. The van der Waals surface area contributed by atoms with Crippen molar-refractivity contribution in [1.82, 2.24) is 4.90 Å². The number of rotatable bonds is 1. The van der Waals surface area contributed by atoms with Gasteiger partial charge in [-0.3, -0.25) is 4.79 Å². The Morgan fingerprint density at radius 2 is 2.25 bits per heavy atom. The van der Waals surface area contributed by atoms with Crippen LogP contribution < -0.4 is 0 Å². The van der Waals surface area contributed by atoms with Crippen molar-refractivity contribution in [3.63, 3.8) is 0 Å². The van der Waals surface area contributed by atoms with E-state index in [0.29, 0.717) is 12.6 Å². The van der Waals surface area contributed by atoms with Gasteiger partial charge in [-0.1, -0.05) is 0 Å². The molecule has 0 aromatic rings. The van der Waals surface area contributed by atoms with Gasteiger partial charge >= 0.3 is 0 Å². The molecular weight excluding hydrogens is 156 g/mol. The van der Waals surface area contributed by atoms with Crippen LogP contribution in [0.25, 0.3) is 0 Å². The zero-order valence-electron chi connectivity index (χ0n) is 7.65. The summed E-state index contributed by atoms with van der Waals surface area (Å²) in [5.41, 5.74) is -0.318. The van der Waals surface area contributed by atoms with E-state index in [9.17, 15) is 4.79 Å². The first-order valence-electron chi connectivity index (χ1n) is 3.93. The highest BCUT2D eigenvalue weighted by molar-refractivity contribution is 5.66. The smallest absolute Gasteiger partial charge is 0.293 e. The lowest BCUT2D eigenvalue weighted by Gasteiger charge is -2.14.